The van der Waals surface area contributed by atoms with Gasteiger partial charge in [0, 0.05) is 0 Å². The van der Waals surface area contributed by atoms with Gasteiger partial charge in [-0.05, 0) is 17.8 Å². The maximum atomic E-state index is 2.48. The van der Waals surface area contributed by atoms with Crippen LogP contribution in [0.1, 0.15) is 157 Å². The molecule has 0 aliphatic rings. The molecule has 164 valence electrons. The summed E-state index contributed by atoms with van der Waals surface area (Å²) in [7, 11) is 0. The molecule has 0 fully saturated rings. The van der Waals surface area contributed by atoms with Crippen LogP contribution in [0.25, 0.3) is 0 Å². The van der Waals surface area contributed by atoms with Crippen LogP contribution in [0.15, 0.2) is 0 Å². The van der Waals surface area contributed by atoms with Crippen LogP contribution < -0.4 is 0 Å². The fraction of sp³-hybridized carbons (Fsp3) is 1.00. The van der Waals surface area contributed by atoms with Crippen molar-refractivity contribution in [2.45, 2.75) is 157 Å². The number of unbranched alkanes of at least 4 members (excludes halogenated alkanes) is 13. The fourth-order valence-corrected chi connectivity index (χ4v) is 4.18. The zero-order chi connectivity index (χ0) is 20.2. The Morgan fingerprint density at radius 1 is 0.296 bits per heavy atom. The van der Waals surface area contributed by atoms with Crippen LogP contribution in [-0.2, 0) is 0 Å². The molecule has 0 heterocycles. The largest absolute Gasteiger partial charge is 0.0628 e. The standard InChI is InChI=1S/C27H56/c1-25(2)21-17-13-10-8-6-7-9-11-15-19-23-27(5)24-20-16-12-14-18-22-26(3)4/h25-27H,6-24H2,1-5H3/t27-/m0/s1. The highest BCUT2D eigenvalue weighted by molar-refractivity contribution is 4.56. The smallest absolute Gasteiger partial charge is 0.0443 e. The lowest BCUT2D eigenvalue weighted by molar-refractivity contribution is 0.428. The number of hydrogen-bond acceptors (Lipinski definition) is 0. The molecule has 0 aliphatic carbocycles. The molecule has 0 nitrogen and oxygen atoms in total. The molecule has 0 unspecified atom stereocenters. The SMILES string of the molecule is CC(C)CCCCCCCCCCCC[C@H](C)CCCCCCCC(C)C. The lowest BCUT2D eigenvalue weighted by Gasteiger charge is -2.11. The molecule has 0 rings (SSSR count). The maximum Gasteiger partial charge on any atom is -0.0443 e. The molecule has 0 spiro atoms. The second-order valence-corrected chi connectivity index (χ2v) is 10.4. The Labute approximate surface area is 174 Å². The van der Waals surface area contributed by atoms with E-state index < -0.39 is 0 Å². The molecule has 1 atom stereocenters. The van der Waals surface area contributed by atoms with Gasteiger partial charge in [0.25, 0.3) is 0 Å². The normalized spacial score (nSPS) is 13.0. The summed E-state index contributed by atoms with van der Waals surface area (Å²) in [4.78, 5) is 0. The third kappa shape index (κ3) is 24.0. The molecular weight excluding hydrogens is 324 g/mol. The van der Waals surface area contributed by atoms with Gasteiger partial charge < -0.3 is 0 Å². The summed E-state index contributed by atoms with van der Waals surface area (Å²) in [6, 6.07) is 0. The maximum absolute atomic E-state index is 2.48. The molecule has 27 heavy (non-hydrogen) atoms. The highest BCUT2D eigenvalue weighted by Gasteiger charge is 2.02. The van der Waals surface area contributed by atoms with E-state index >= 15 is 0 Å². The minimum Gasteiger partial charge on any atom is -0.0628 e. The second-order valence-electron chi connectivity index (χ2n) is 10.4. The lowest BCUT2D eigenvalue weighted by Crippen LogP contribution is -1.95. The molecule has 0 aliphatic heterocycles. The minimum atomic E-state index is 0.893. The highest BCUT2D eigenvalue weighted by Crippen LogP contribution is 2.19. The van der Waals surface area contributed by atoms with Crippen molar-refractivity contribution >= 4 is 0 Å². The van der Waals surface area contributed by atoms with Crippen molar-refractivity contribution in [3.8, 4) is 0 Å². The van der Waals surface area contributed by atoms with Crippen molar-refractivity contribution in [3.63, 3.8) is 0 Å². The van der Waals surface area contributed by atoms with Gasteiger partial charge in [-0.25, -0.2) is 0 Å². The summed E-state index contributed by atoms with van der Waals surface area (Å²) >= 11 is 0. The Kier molecular flexibility index (Phi) is 20.7. The molecule has 0 heteroatoms. The summed E-state index contributed by atoms with van der Waals surface area (Å²) < 4.78 is 0. The molecule has 0 amide bonds. The minimum absolute atomic E-state index is 0.893. The van der Waals surface area contributed by atoms with Gasteiger partial charge in [-0.15, -0.1) is 0 Å². The average molecular weight is 381 g/mol. The summed E-state index contributed by atoms with van der Waals surface area (Å²) in [5.74, 6) is 2.75. The first-order valence-corrected chi connectivity index (χ1v) is 13.0. The summed E-state index contributed by atoms with van der Waals surface area (Å²) in [5.41, 5.74) is 0. The van der Waals surface area contributed by atoms with Crippen LogP contribution in [0, 0.1) is 17.8 Å². The third-order valence-corrected chi connectivity index (χ3v) is 6.21. The summed E-state index contributed by atoms with van der Waals surface area (Å²) in [6.07, 6.45) is 27.9. The molecule has 0 saturated carbocycles. The first-order chi connectivity index (χ1) is 13.0. The van der Waals surface area contributed by atoms with E-state index in [1.165, 1.54) is 122 Å². The lowest BCUT2D eigenvalue weighted by atomic mass is 9.95. The number of hydrogen-bond donors (Lipinski definition) is 0. The monoisotopic (exact) mass is 380 g/mol. The molecule has 0 saturated heterocycles. The van der Waals surface area contributed by atoms with E-state index in [9.17, 15) is 0 Å². The Morgan fingerprint density at radius 3 is 0.778 bits per heavy atom. The van der Waals surface area contributed by atoms with E-state index in [2.05, 4.69) is 34.6 Å². The average Bonchev–Trinajstić information content (AvgIpc) is 2.61. The molecular formula is C27H56. The van der Waals surface area contributed by atoms with Crippen molar-refractivity contribution in [2.24, 2.45) is 17.8 Å². The van der Waals surface area contributed by atoms with Crippen molar-refractivity contribution in [3.05, 3.63) is 0 Å². The van der Waals surface area contributed by atoms with E-state index in [1.54, 1.807) is 0 Å². The van der Waals surface area contributed by atoms with E-state index in [4.69, 9.17) is 0 Å². The van der Waals surface area contributed by atoms with Crippen molar-refractivity contribution < 1.29 is 0 Å². The van der Waals surface area contributed by atoms with E-state index in [0.717, 1.165) is 17.8 Å². The van der Waals surface area contributed by atoms with Crippen molar-refractivity contribution in [1.29, 1.82) is 0 Å². The molecule has 0 aromatic carbocycles. The van der Waals surface area contributed by atoms with Gasteiger partial charge in [0.15, 0.2) is 0 Å². The van der Waals surface area contributed by atoms with Crippen molar-refractivity contribution in [1.82, 2.24) is 0 Å². The van der Waals surface area contributed by atoms with Gasteiger partial charge in [-0.3, -0.25) is 0 Å². The quantitative estimate of drug-likeness (QED) is 0.174. The Hall–Kier alpha value is 0. The Balaban J connectivity index is 3.15. The third-order valence-electron chi connectivity index (χ3n) is 6.21. The van der Waals surface area contributed by atoms with E-state index in [-0.39, 0.29) is 0 Å². The Bertz CT molecular complexity index is 265. The molecule has 0 aromatic rings. The van der Waals surface area contributed by atoms with Gasteiger partial charge in [0.05, 0.1) is 0 Å². The van der Waals surface area contributed by atoms with Crippen molar-refractivity contribution in [2.75, 3.05) is 0 Å². The second kappa shape index (κ2) is 20.7. The van der Waals surface area contributed by atoms with E-state index in [1.807, 2.05) is 0 Å². The summed E-state index contributed by atoms with van der Waals surface area (Å²) in [6.45, 7) is 11.9. The first kappa shape index (κ1) is 27.0. The highest BCUT2D eigenvalue weighted by atomic mass is 14.1. The van der Waals surface area contributed by atoms with Crippen LogP contribution in [0.4, 0.5) is 0 Å². The predicted molar refractivity (Wildman–Crippen MR) is 127 cm³/mol. The molecule has 0 N–H and O–H groups in total. The predicted octanol–water partition coefficient (Wildman–Crippen LogP) is 10.3. The molecule has 0 bridgehead atoms. The molecule has 0 aromatic heterocycles. The van der Waals surface area contributed by atoms with Crippen LogP contribution in [0.2, 0.25) is 0 Å². The zero-order valence-corrected chi connectivity index (χ0v) is 20.2. The topological polar surface area (TPSA) is 0 Å². The van der Waals surface area contributed by atoms with Crippen LogP contribution in [-0.4, -0.2) is 0 Å². The Morgan fingerprint density at radius 2 is 0.519 bits per heavy atom. The molecule has 0 radical (unpaired) electrons. The van der Waals surface area contributed by atoms with Crippen LogP contribution in [0.5, 0.6) is 0 Å². The van der Waals surface area contributed by atoms with Gasteiger partial charge in [0.2, 0.25) is 0 Å². The van der Waals surface area contributed by atoms with Gasteiger partial charge >= 0.3 is 0 Å². The van der Waals surface area contributed by atoms with Gasteiger partial charge in [-0.2, -0.15) is 0 Å². The van der Waals surface area contributed by atoms with E-state index in [0.29, 0.717) is 0 Å². The van der Waals surface area contributed by atoms with Crippen LogP contribution in [0.3, 0.4) is 0 Å². The first-order valence-electron chi connectivity index (χ1n) is 13.0. The zero-order valence-electron chi connectivity index (χ0n) is 20.2. The van der Waals surface area contributed by atoms with Gasteiger partial charge in [-0.1, -0.05) is 157 Å². The van der Waals surface area contributed by atoms with Gasteiger partial charge in [0.1, 0.15) is 0 Å². The van der Waals surface area contributed by atoms with Crippen LogP contribution >= 0.6 is 0 Å². The summed E-state index contributed by atoms with van der Waals surface area (Å²) in [5, 5.41) is 0. The fourth-order valence-electron chi connectivity index (χ4n) is 4.18. The number of rotatable bonds is 21.